The van der Waals surface area contributed by atoms with Crippen molar-refractivity contribution in [1.29, 1.82) is 0 Å². The molecule has 1 aliphatic heterocycles. The van der Waals surface area contributed by atoms with Crippen molar-refractivity contribution in [3.8, 4) is 0 Å². The summed E-state index contributed by atoms with van der Waals surface area (Å²) in [6.07, 6.45) is -0.596. The number of aromatic amines is 1. The maximum Gasteiger partial charge on any atom is 0.490 e. The molecule has 1 aromatic rings. The molecule has 2 unspecified atom stereocenters. The van der Waals surface area contributed by atoms with Gasteiger partial charge in [-0.25, -0.2) is 18.5 Å². The molecule has 0 bridgehead atoms. The van der Waals surface area contributed by atoms with Crippen molar-refractivity contribution in [2.45, 2.75) is 57.0 Å². The van der Waals surface area contributed by atoms with E-state index in [0.717, 1.165) is 30.0 Å². The van der Waals surface area contributed by atoms with Crippen LogP contribution in [0.5, 0.6) is 0 Å². The first-order valence-electron chi connectivity index (χ1n) is 12.2. The number of aliphatic imine (C=N–C) groups is 1. The topological polar surface area (TPSA) is 338 Å². The molecule has 240 valence electrons. The Balaban J connectivity index is 1.92. The number of aliphatic hydroxyl groups excluding tert-OH is 1. The first-order valence-corrected chi connectivity index (χ1v) is 16.7. The van der Waals surface area contributed by atoms with Gasteiger partial charge < -0.3 is 46.2 Å². The number of aliphatic hydroxyl groups is 1. The molecule has 1 saturated heterocycles. The van der Waals surface area contributed by atoms with Gasteiger partial charge in [-0.05, 0) is 12.8 Å². The second-order valence-electron chi connectivity index (χ2n) is 8.89. The molecule has 24 heteroatoms. The van der Waals surface area contributed by atoms with Gasteiger partial charge in [0.05, 0.1) is 19.1 Å². The lowest BCUT2D eigenvalue weighted by Crippen LogP contribution is -2.36. The first-order chi connectivity index (χ1) is 19.4. The Morgan fingerprint density at radius 3 is 2.40 bits per heavy atom. The van der Waals surface area contributed by atoms with Gasteiger partial charge in [0.1, 0.15) is 12.3 Å². The fourth-order valence-corrected chi connectivity index (χ4v) is 6.67. The number of nitrogens with zero attached hydrogens (tertiary/aromatic N) is 2. The molecule has 21 nitrogen and oxygen atoms in total. The quantitative estimate of drug-likeness (QED) is 0.0376. The number of carbonyl (C=O) groups is 1. The van der Waals surface area contributed by atoms with Crippen molar-refractivity contribution in [1.82, 2.24) is 14.9 Å². The molecule has 1 aliphatic rings. The van der Waals surface area contributed by atoms with Crippen LogP contribution in [-0.4, -0.2) is 78.0 Å². The Hall–Kier alpha value is -2.25. The number of hydrogen-bond donors (Lipinski definition) is 9. The van der Waals surface area contributed by atoms with Crippen LogP contribution in [0.2, 0.25) is 0 Å². The van der Waals surface area contributed by atoms with Crippen LogP contribution >= 0.6 is 23.5 Å². The van der Waals surface area contributed by atoms with Gasteiger partial charge >= 0.3 is 29.2 Å². The smallest absolute Gasteiger partial charge is 0.390 e. The van der Waals surface area contributed by atoms with Gasteiger partial charge in [0.2, 0.25) is 5.91 Å². The van der Waals surface area contributed by atoms with Crippen LogP contribution in [0.1, 0.15) is 43.9 Å². The van der Waals surface area contributed by atoms with E-state index in [1.54, 1.807) is 0 Å². The third-order valence-electron chi connectivity index (χ3n) is 5.43. The number of unbranched alkanes of at least 4 members (excludes halogenated alkanes) is 3. The van der Waals surface area contributed by atoms with E-state index in [1.165, 1.54) is 0 Å². The number of rotatable bonds is 17. The summed E-state index contributed by atoms with van der Waals surface area (Å²) in [6.45, 7) is -0.111. The number of nitrogens with one attached hydrogen (secondary N) is 2. The van der Waals surface area contributed by atoms with E-state index in [-0.39, 0.29) is 24.4 Å². The molecule has 1 amide bonds. The van der Waals surface area contributed by atoms with Gasteiger partial charge in [-0.15, -0.1) is 0 Å². The molecule has 11 N–H and O–H groups in total. The monoisotopic (exact) mass is 666 g/mol. The van der Waals surface area contributed by atoms with Crippen molar-refractivity contribution in [2.24, 2.45) is 16.5 Å². The zero-order valence-electron chi connectivity index (χ0n) is 21.9. The molecular formula is C18H33N6O15P3. The van der Waals surface area contributed by atoms with Gasteiger partial charge in [-0.2, -0.15) is 8.62 Å². The van der Waals surface area contributed by atoms with Crippen LogP contribution in [0.4, 0.5) is 0 Å². The lowest BCUT2D eigenvalue weighted by molar-refractivity contribution is -0.120. The summed E-state index contributed by atoms with van der Waals surface area (Å²) in [6, 6.07) is 0. The molecule has 0 aromatic carbocycles. The molecule has 1 aromatic heterocycles. The zero-order valence-corrected chi connectivity index (χ0v) is 24.6. The summed E-state index contributed by atoms with van der Waals surface area (Å²) in [5.74, 6) is -0.475. The number of aromatic nitrogens is 2. The number of guanidine groups is 1. The van der Waals surface area contributed by atoms with Crippen molar-refractivity contribution in [2.75, 3.05) is 19.7 Å². The average molecular weight is 666 g/mol. The predicted octanol–water partition coefficient (Wildman–Crippen LogP) is -1.98. The van der Waals surface area contributed by atoms with Crippen molar-refractivity contribution in [3.63, 3.8) is 0 Å². The summed E-state index contributed by atoms with van der Waals surface area (Å²) in [7, 11) is -16.8. The Morgan fingerprint density at radius 2 is 1.76 bits per heavy atom. The normalized spacial score (nSPS) is 21.8. The fraction of sp³-hybridized carbons (Fsp3) is 0.667. The molecule has 42 heavy (non-hydrogen) atoms. The van der Waals surface area contributed by atoms with E-state index in [2.05, 4.69) is 23.5 Å². The highest BCUT2D eigenvalue weighted by Gasteiger charge is 2.43. The third kappa shape index (κ3) is 12.9. The van der Waals surface area contributed by atoms with Crippen LogP contribution in [0.15, 0.2) is 20.8 Å². The Labute approximate surface area is 237 Å². The molecule has 2 heterocycles. The fourth-order valence-electron chi connectivity index (χ4n) is 3.64. The molecule has 0 aliphatic carbocycles. The Kier molecular flexibility index (Phi) is 13.2. The third-order valence-corrected chi connectivity index (χ3v) is 9.23. The second-order valence-corrected chi connectivity index (χ2v) is 13.3. The number of ether oxygens (including phenoxy) is 1. The number of phosphoric ester groups is 1. The van der Waals surface area contributed by atoms with Crippen LogP contribution in [0, 0.1) is 0 Å². The molecule has 1 fully saturated rings. The number of hydrogen-bond acceptors (Lipinski definition) is 12. The highest BCUT2D eigenvalue weighted by Crippen LogP contribution is 2.66. The SMILES string of the molecule is NC(N)=NCCCCCCNC(=O)Cc1cn([C@H]2C[C@H](O)[C@@H](COP(=O)(O)OP(=O)(O)OP(=O)(O)O)O2)c(=O)[nH]c1=O. The maximum absolute atomic E-state index is 12.4. The number of carbonyl (C=O) groups excluding carboxylic acids is 1. The summed E-state index contributed by atoms with van der Waals surface area (Å²) in [5.41, 5.74) is 8.61. The van der Waals surface area contributed by atoms with Gasteiger partial charge in [0, 0.05) is 31.3 Å². The lowest BCUT2D eigenvalue weighted by Gasteiger charge is -2.19. The molecule has 0 saturated carbocycles. The van der Waals surface area contributed by atoms with Gasteiger partial charge in [0.15, 0.2) is 5.96 Å². The maximum atomic E-state index is 12.4. The molecule has 5 atom stereocenters. The second kappa shape index (κ2) is 15.5. The van der Waals surface area contributed by atoms with Gasteiger partial charge in [0.25, 0.3) is 5.56 Å². The molecular weight excluding hydrogens is 633 g/mol. The Bertz CT molecular complexity index is 1370. The molecule has 0 radical (unpaired) electrons. The van der Waals surface area contributed by atoms with Crippen LogP contribution < -0.4 is 28.0 Å². The minimum atomic E-state index is -5.75. The number of nitrogens with two attached hydrogens (primary N) is 2. The lowest BCUT2D eigenvalue weighted by atomic mass is 10.2. The number of amides is 1. The number of phosphoric acid groups is 3. The highest BCUT2D eigenvalue weighted by atomic mass is 31.3. The molecule has 2 rings (SSSR count). The van der Waals surface area contributed by atoms with E-state index < -0.39 is 65.7 Å². The van der Waals surface area contributed by atoms with Gasteiger partial charge in [-0.3, -0.25) is 28.7 Å². The van der Waals surface area contributed by atoms with E-state index >= 15 is 0 Å². The first kappa shape index (κ1) is 35.9. The van der Waals surface area contributed by atoms with Crippen molar-refractivity contribution < 1.29 is 61.1 Å². The van der Waals surface area contributed by atoms with E-state index in [4.69, 9.17) is 26.0 Å². The van der Waals surface area contributed by atoms with Crippen LogP contribution in [0.25, 0.3) is 0 Å². The van der Waals surface area contributed by atoms with Crippen molar-refractivity contribution in [3.05, 3.63) is 32.6 Å². The average Bonchev–Trinajstić information content (AvgIpc) is 3.18. The summed E-state index contributed by atoms with van der Waals surface area (Å²) >= 11 is 0. The summed E-state index contributed by atoms with van der Waals surface area (Å²) in [5, 5.41) is 12.9. The van der Waals surface area contributed by atoms with Crippen molar-refractivity contribution >= 4 is 35.3 Å². The minimum absolute atomic E-state index is 0.0185. The van der Waals surface area contributed by atoms with Crippen LogP contribution in [-0.2, 0) is 42.8 Å². The van der Waals surface area contributed by atoms with Gasteiger partial charge in [-0.1, -0.05) is 12.8 Å². The van der Waals surface area contributed by atoms with E-state index in [1.807, 2.05) is 4.98 Å². The summed E-state index contributed by atoms with van der Waals surface area (Å²) < 4.78 is 52.0. The standard InChI is InChI=1S/C18H33N6O15P3/c19-17(20)22-6-4-2-1-3-5-21-14(26)7-11-9-24(18(28)23-16(11)27)15-8-12(25)13(37-15)10-36-41(32,33)39-42(34,35)38-40(29,30)31/h9,12-13,15,25H,1-8,10H2,(H,21,26)(H,32,33)(H,34,35)(H4,19,20,22)(H,23,27,28)(H2,29,30,31)/t12-,13+,15+/m0/s1. The Morgan fingerprint density at radius 1 is 1.10 bits per heavy atom. The number of H-pyrrole nitrogens is 1. The van der Waals surface area contributed by atoms with E-state index in [0.29, 0.717) is 19.5 Å². The van der Waals surface area contributed by atoms with E-state index in [9.17, 15) is 43.0 Å². The highest BCUT2D eigenvalue weighted by molar-refractivity contribution is 7.66. The zero-order chi connectivity index (χ0) is 31.7. The summed E-state index contributed by atoms with van der Waals surface area (Å²) in [4.78, 5) is 78.7. The van der Waals surface area contributed by atoms with Crippen LogP contribution in [0.3, 0.4) is 0 Å². The largest absolute Gasteiger partial charge is 0.490 e. The minimum Gasteiger partial charge on any atom is -0.390 e. The molecule has 0 spiro atoms. The predicted molar refractivity (Wildman–Crippen MR) is 142 cm³/mol.